The standard InChI is InChI=1S/C16H21FN2O.ClH/c17-14-7-2-1-5-12(14)9-19-15(20)16-8-4-3-6-13(16)10-18-11-16;/h1-2,5,7,13,18H,3-4,6,8-11H2,(H,19,20);1H/t13-,16+;/m0./s1. The molecular formula is C16H22ClFN2O. The van der Waals surface area contributed by atoms with E-state index in [9.17, 15) is 9.18 Å². The summed E-state index contributed by atoms with van der Waals surface area (Å²) in [6.45, 7) is 1.98. The van der Waals surface area contributed by atoms with Crippen molar-refractivity contribution in [2.45, 2.75) is 32.2 Å². The van der Waals surface area contributed by atoms with Crippen LogP contribution in [0.15, 0.2) is 24.3 Å². The molecule has 21 heavy (non-hydrogen) atoms. The first kappa shape index (κ1) is 16.2. The van der Waals surface area contributed by atoms with Crippen molar-refractivity contribution < 1.29 is 9.18 Å². The summed E-state index contributed by atoms with van der Waals surface area (Å²) in [5, 5.41) is 6.31. The lowest BCUT2D eigenvalue weighted by atomic mass is 9.67. The van der Waals surface area contributed by atoms with E-state index in [1.807, 2.05) is 0 Å². The van der Waals surface area contributed by atoms with E-state index in [2.05, 4.69) is 10.6 Å². The fourth-order valence-corrected chi connectivity index (χ4v) is 3.68. The molecular weight excluding hydrogens is 291 g/mol. The minimum atomic E-state index is -0.260. The topological polar surface area (TPSA) is 41.1 Å². The maximum absolute atomic E-state index is 13.6. The van der Waals surface area contributed by atoms with Gasteiger partial charge in [-0.1, -0.05) is 31.0 Å². The Bertz CT molecular complexity index is 511. The second kappa shape index (κ2) is 6.75. The molecule has 1 aromatic carbocycles. The van der Waals surface area contributed by atoms with Crippen molar-refractivity contribution in [3.8, 4) is 0 Å². The lowest BCUT2D eigenvalue weighted by Gasteiger charge is -2.37. The van der Waals surface area contributed by atoms with Gasteiger partial charge < -0.3 is 10.6 Å². The van der Waals surface area contributed by atoms with Gasteiger partial charge in [0.15, 0.2) is 0 Å². The second-order valence-electron chi connectivity index (χ2n) is 6.00. The van der Waals surface area contributed by atoms with Gasteiger partial charge in [0, 0.05) is 18.7 Å². The molecule has 0 bridgehead atoms. The van der Waals surface area contributed by atoms with Crippen molar-refractivity contribution in [1.29, 1.82) is 0 Å². The highest BCUT2D eigenvalue weighted by Gasteiger charge is 2.49. The summed E-state index contributed by atoms with van der Waals surface area (Å²) < 4.78 is 13.6. The Balaban J connectivity index is 0.00000161. The van der Waals surface area contributed by atoms with Crippen molar-refractivity contribution in [2.75, 3.05) is 13.1 Å². The molecule has 0 radical (unpaired) electrons. The van der Waals surface area contributed by atoms with E-state index in [0.29, 0.717) is 11.5 Å². The number of rotatable bonds is 3. The van der Waals surface area contributed by atoms with Crippen LogP contribution in [0.4, 0.5) is 4.39 Å². The predicted octanol–water partition coefficient (Wildman–Crippen LogP) is 2.64. The second-order valence-corrected chi connectivity index (χ2v) is 6.00. The monoisotopic (exact) mass is 312 g/mol. The average Bonchev–Trinajstić information content (AvgIpc) is 2.91. The largest absolute Gasteiger partial charge is 0.351 e. The van der Waals surface area contributed by atoms with Crippen LogP contribution in [0, 0.1) is 17.2 Å². The molecule has 1 aliphatic carbocycles. The number of benzene rings is 1. The number of halogens is 2. The molecule has 3 nitrogen and oxygen atoms in total. The minimum absolute atomic E-state index is 0. The fourth-order valence-electron chi connectivity index (χ4n) is 3.68. The van der Waals surface area contributed by atoms with E-state index >= 15 is 0 Å². The number of amides is 1. The number of nitrogens with one attached hydrogen (secondary N) is 2. The molecule has 0 spiro atoms. The lowest BCUT2D eigenvalue weighted by molar-refractivity contribution is -0.134. The van der Waals surface area contributed by atoms with Crippen LogP contribution in [-0.4, -0.2) is 19.0 Å². The van der Waals surface area contributed by atoms with Crippen LogP contribution in [0.1, 0.15) is 31.2 Å². The quantitative estimate of drug-likeness (QED) is 0.901. The highest BCUT2D eigenvalue weighted by Crippen LogP contribution is 2.43. The molecule has 1 aromatic rings. The van der Waals surface area contributed by atoms with Crippen LogP contribution < -0.4 is 10.6 Å². The van der Waals surface area contributed by atoms with Gasteiger partial charge >= 0.3 is 0 Å². The Morgan fingerprint density at radius 3 is 3.00 bits per heavy atom. The van der Waals surface area contributed by atoms with Crippen LogP contribution in [0.5, 0.6) is 0 Å². The average molecular weight is 313 g/mol. The Morgan fingerprint density at radius 2 is 2.19 bits per heavy atom. The molecule has 2 aliphatic rings. The molecule has 0 aromatic heterocycles. The summed E-state index contributed by atoms with van der Waals surface area (Å²) in [7, 11) is 0. The zero-order chi connectivity index (χ0) is 14.0. The van der Waals surface area contributed by atoms with E-state index < -0.39 is 0 Å². The van der Waals surface area contributed by atoms with Gasteiger partial charge in [0.25, 0.3) is 0 Å². The number of hydrogen-bond donors (Lipinski definition) is 2. The zero-order valence-electron chi connectivity index (χ0n) is 12.0. The fraction of sp³-hybridized carbons (Fsp3) is 0.562. The van der Waals surface area contributed by atoms with Gasteiger partial charge in [0.1, 0.15) is 5.82 Å². The normalized spacial score (nSPS) is 27.6. The Labute approximate surface area is 131 Å². The molecule has 3 rings (SSSR count). The van der Waals surface area contributed by atoms with Crippen molar-refractivity contribution in [3.63, 3.8) is 0 Å². The molecule has 2 atom stereocenters. The van der Waals surface area contributed by atoms with Crippen LogP contribution in [0.3, 0.4) is 0 Å². The Morgan fingerprint density at radius 1 is 1.38 bits per heavy atom. The van der Waals surface area contributed by atoms with Gasteiger partial charge in [-0.05, 0) is 31.4 Å². The molecule has 1 amide bonds. The summed E-state index contributed by atoms with van der Waals surface area (Å²) >= 11 is 0. The first-order chi connectivity index (χ1) is 9.72. The Kier molecular flexibility index (Phi) is 5.22. The minimum Gasteiger partial charge on any atom is -0.351 e. The van der Waals surface area contributed by atoms with Crippen molar-refractivity contribution in [1.82, 2.24) is 10.6 Å². The molecule has 2 fully saturated rings. The van der Waals surface area contributed by atoms with Crippen molar-refractivity contribution in [3.05, 3.63) is 35.6 Å². The van der Waals surface area contributed by atoms with Crippen molar-refractivity contribution in [2.24, 2.45) is 11.3 Å². The van der Waals surface area contributed by atoms with E-state index in [4.69, 9.17) is 0 Å². The SMILES string of the molecule is Cl.O=C(NCc1ccccc1F)[C@@]12CCCC[C@H]1CNC2. The van der Waals surface area contributed by atoms with Gasteiger partial charge in [0.2, 0.25) is 5.91 Å². The number of fused-ring (bicyclic) bond motifs is 1. The lowest BCUT2D eigenvalue weighted by Crippen LogP contribution is -2.47. The van der Waals surface area contributed by atoms with Gasteiger partial charge in [-0.15, -0.1) is 12.4 Å². The van der Waals surface area contributed by atoms with E-state index in [0.717, 1.165) is 32.4 Å². The summed E-state index contributed by atoms with van der Waals surface area (Å²) in [5.74, 6) is 0.280. The third-order valence-electron chi connectivity index (χ3n) is 4.89. The first-order valence-electron chi connectivity index (χ1n) is 7.45. The van der Waals surface area contributed by atoms with Crippen LogP contribution in [-0.2, 0) is 11.3 Å². The summed E-state index contributed by atoms with van der Waals surface area (Å²) in [6, 6.07) is 6.61. The summed E-state index contributed by atoms with van der Waals surface area (Å²) in [6.07, 6.45) is 4.41. The van der Waals surface area contributed by atoms with Gasteiger partial charge in [-0.2, -0.15) is 0 Å². The molecule has 1 aliphatic heterocycles. The summed E-state index contributed by atoms with van der Waals surface area (Å²) in [4.78, 5) is 12.6. The molecule has 1 saturated carbocycles. The van der Waals surface area contributed by atoms with Crippen LogP contribution in [0.25, 0.3) is 0 Å². The van der Waals surface area contributed by atoms with E-state index in [1.165, 1.54) is 12.5 Å². The Hall–Kier alpha value is -1.13. The highest BCUT2D eigenvalue weighted by molar-refractivity contribution is 5.85. The molecule has 1 heterocycles. The van der Waals surface area contributed by atoms with Gasteiger partial charge in [0.05, 0.1) is 5.41 Å². The third-order valence-corrected chi connectivity index (χ3v) is 4.89. The van der Waals surface area contributed by atoms with E-state index in [1.54, 1.807) is 18.2 Å². The number of hydrogen-bond acceptors (Lipinski definition) is 2. The molecule has 2 N–H and O–H groups in total. The molecule has 1 saturated heterocycles. The maximum Gasteiger partial charge on any atom is 0.228 e. The third kappa shape index (κ3) is 3.06. The molecule has 116 valence electrons. The van der Waals surface area contributed by atoms with Gasteiger partial charge in [-0.3, -0.25) is 4.79 Å². The van der Waals surface area contributed by atoms with Crippen LogP contribution >= 0.6 is 12.4 Å². The molecule has 5 heteroatoms. The van der Waals surface area contributed by atoms with Crippen LogP contribution in [0.2, 0.25) is 0 Å². The molecule has 0 unspecified atom stereocenters. The number of carbonyl (C=O) groups is 1. The highest BCUT2D eigenvalue weighted by atomic mass is 35.5. The number of carbonyl (C=O) groups excluding carboxylic acids is 1. The van der Waals surface area contributed by atoms with Gasteiger partial charge in [-0.25, -0.2) is 4.39 Å². The zero-order valence-corrected chi connectivity index (χ0v) is 12.8. The first-order valence-corrected chi connectivity index (χ1v) is 7.45. The predicted molar refractivity (Wildman–Crippen MR) is 82.8 cm³/mol. The van der Waals surface area contributed by atoms with Crippen molar-refractivity contribution >= 4 is 18.3 Å². The maximum atomic E-state index is 13.6. The van der Waals surface area contributed by atoms with E-state index in [-0.39, 0.29) is 36.1 Å². The summed E-state index contributed by atoms with van der Waals surface area (Å²) in [5.41, 5.74) is 0.291. The smallest absolute Gasteiger partial charge is 0.228 e.